The van der Waals surface area contributed by atoms with E-state index < -0.39 is 16.1 Å². The SMILES string of the molecule is CC(O)c1cc(C(=O)NC2C[C@H]3CC[C@@H](C2)N3S(=O)(=O)CC23CCN(CC2)CC3)no1. The highest BCUT2D eigenvalue weighted by Gasteiger charge is 2.50. The molecule has 172 valence electrons. The van der Waals surface area contributed by atoms with Crippen LogP contribution in [-0.4, -0.2) is 77.3 Å². The van der Waals surface area contributed by atoms with E-state index in [0.29, 0.717) is 12.8 Å². The molecule has 2 unspecified atom stereocenters. The Balaban J connectivity index is 1.23. The summed E-state index contributed by atoms with van der Waals surface area (Å²) in [5.74, 6) is 0.183. The number of rotatable bonds is 6. The van der Waals surface area contributed by atoms with Crippen LogP contribution in [0.4, 0.5) is 0 Å². The van der Waals surface area contributed by atoms with Crippen LogP contribution in [0.15, 0.2) is 10.6 Å². The van der Waals surface area contributed by atoms with Gasteiger partial charge in [-0.2, -0.15) is 4.31 Å². The first-order valence-electron chi connectivity index (χ1n) is 11.4. The molecule has 1 aromatic heterocycles. The van der Waals surface area contributed by atoms with Crippen LogP contribution in [0.3, 0.4) is 0 Å². The molecule has 5 aliphatic rings. The fourth-order valence-corrected chi connectivity index (χ4v) is 8.78. The molecule has 5 saturated heterocycles. The van der Waals surface area contributed by atoms with Crippen molar-refractivity contribution in [1.29, 1.82) is 0 Å². The number of nitrogens with zero attached hydrogens (tertiary/aromatic N) is 3. The van der Waals surface area contributed by atoms with Gasteiger partial charge in [0.15, 0.2) is 11.5 Å². The molecule has 1 amide bonds. The van der Waals surface area contributed by atoms with Gasteiger partial charge in [-0.3, -0.25) is 4.79 Å². The van der Waals surface area contributed by atoms with Crippen molar-refractivity contribution in [2.24, 2.45) is 5.41 Å². The van der Waals surface area contributed by atoms with E-state index in [1.54, 1.807) is 11.2 Å². The van der Waals surface area contributed by atoms with Gasteiger partial charge in [0.1, 0.15) is 6.10 Å². The van der Waals surface area contributed by atoms with Crippen LogP contribution in [0.5, 0.6) is 0 Å². The van der Waals surface area contributed by atoms with Gasteiger partial charge in [-0.15, -0.1) is 0 Å². The van der Waals surface area contributed by atoms with Crippen molar-refractivity contribution in [3.63, 3.8) is 0 Å². The molecule has 0 aliphatic carbocycles. The average molecular weight is 453 g/mol. The molecule has 4 atom stereocenters. The molecule has 0 radical (unpaired) electrons. The van der Waals surface area contributed by atoms with E-state index in [-0.39, 0.29) is 46.7 Å². The van der Waals surface area contributed by atoms with Gasteiger partial charge in [-0.1, -0.05) is 5.16 Å². The molecule has 0 spiro atoms. The van der Waals surface area contributed by atoms with Crippen LogP contribution in [-0.2, 0) is 10.0 Å². The van der Waals surface area contributed by atoms with Gasteiger partial charge in [0.05, 0.1) is 5.75 Å². The highest BCUT2D eigenvalue weighted by atomic mass is 32.2. The Labute approximate surface area is 183 Å². The molecule has 0 saturated carbocycles. The number of carbonyl (C=O) groups is 1. The lowest BCUT2D eigenvalue weighted by molar-refractivity contribution is 0.0414. The van der Waals surface area contributed by atoms with Gasteiger partial charge in [-0.05, 0) is 76.9 Å². The Kier molecular flexibility index (Phi) is 5.39. The van der Waals surface area contributed by atoms with Crippen LogP contribution in [0.1, 0.15) is 74.2 Å². The number of carbonyl (C=O) groups excluding carboxylic acids is 1. The monoisotopic (exact) mass is 452 g/mol. The van der Waals surface area contributed by atoms with Crippen molar-refractivity contribution < 1.29 is 22.8 Å². The van der Waals surface area contributed by atoms with Gasteiger partial charge in [0.25, 0.3) is 5.91 Å². The van der Waals surface area contributed by atoms with Gasteiger partial charge >= 0.3 is 0 Å². The van der Waals surface area contributed by atoms with Crippen molar-refractivity contribution >= 4 is 15.9 Å². The van der Waals surface area contributed by atoms with Crippen molar-refractivity contribution in [2.45, 2.75) is 76.1 Å². The molecule has 10 heteroatoms. The van der Waals surface area contributed by atoms with Gasteiger partial charge in [0, 0.05) is 24.2 Å². The molecule has 6 rings (SSSR count). The van der Waals surface area contributed by atoms with E-state index in [9.17, 15) is 18.3 Å². The molecule has 1 aromatic rings. The van der Waals surface area contributed by atoms with E-state index in [4.69, 9.17) is 4.52 Å². The standard InChI is InChI=1S/C21H32N4O5S/c1-14(26)19-12-18(23-30-19)20(27)22-15-10-16-2-3-17(11-15)25(16)31(28,29)13-21-4-7-24(8-5-21)9-6-21/h12,14-17,26H,2-11,13H2,1H3,(H,22,27)/t14?,15?,16-,17+. The van der Waals surface area contributed by atoms with Crippen LogP contribution in [0, 0.1) is 5.41 Å². The summed E-state index contributed by atoms with van der Waals surface area (Å²) < 4.78 is 33.8. The maximum Gasteiger partial charge on any atom is 0.273 e. The number of fused-ring (bicyclic) bond motifs is 5. The molecule has 0 aromatic carbocycles. The summed E-state index contributed by atoms with van der Waals surface area (Å²) in [5.41, 5.74) is 0.0908. The van der Waals surface area contributed by atoms with Gasteiger partial charge in [0.2, 0.25) is 10.0 Å². The summed E-state index contributed by atoms with van der Waals surface area (Å²) in [4.78, 5) is 15.0. The molecule has 2 N–H and O–H groups in total. The predicted octanol–water partition coefficient (Wildman–Crippen LogP) is 1.27. The number of aliphatic hydroxyl groups is 1. The highest BCUT2D eigenvalue weighted by molar-refractivity contribution is 7.89. The lowest BCUT2D eigenvalue weighted by Gasteiger charge is -2.49. The van der Waals surface area contributed by atoms with Crippen molar-refractivity contribution in [2.75, 3.05) is 25.4 Å². The van der Waals surface area contributed by atoms with Gasteiger partial charge < -0.3 is 19.8 Å². The zero-order chi connectivity index (χ0) is 21.8. The third kappa shape index (κ3) is 4.03. The number of aromatic nitrogens is 1. The summed E-state index contributed by atoms with van der Waals surface area (Å²) in [7, 11) is -3.33. The molecule has 5 aliphatic heterocycles. The quantitative estimate of drug-likeness (QED) is 0.668. The van der Waals surface area contributed by atoms with Crippen LogP contribution >= 0.6 is 0 Å². The normalized spacial score (nSPS) is 36.5. The summed E-state index contributed by atoms with van der Waals surface area (Å²) in [6, 6.07) is 1.28. The smallest absolute Gasteiger partial charge is 0.273 e. The van der Waals surface area contributed by atoms with E-state index in [1.807, 2.05) is 0 Å². The molecular weight excluding hydrogens is 420 g/mol. The number of sulfonamides is 1. The van der Waals surface area contributed by atoms with Gasteiger partial charge in [-0.25, -0.2) is 8.42 Å². The zero-order valence-electron chi connectivity index (χ0n) is 18.0. The average Bonchev–Trinajstić information content (AvgIpc) is 3.33. The van der Waals surface area contributed by atoms with Crippen molar-refractivity contribution in [1.82, 2.24) is 19.7 Å². The number of amides is 1. The van der Waals surface area contributed by atoms with Crippen molar-refractivity contribution in [3.8, 4) is 0 Å². The zero-order valence-corrected chi connectivity index (χ0v) is 18.8. The fraction of sp³-hybridized carbons (Fsp3) is 0.810. The lowest BCUT2D eigenvalue weighted by Crippen LogP contribution is -2.56. The first-order chi connectivity index (χ1) is 14.7. The maximum atomic E-state index is 13.5. The maximum absolute atomic E-state index is 13.5. The second kappa shape index (κ2) is 7.83. The Hall–Kier alpha value is -1.49. The fourth-order valence-electron chi connectivity index (χ4n) is 6.13. The Bertz CT molecular complexity index is 910. The van der Waals surface area contributed by atoms with E-state index >= 15 is 0 Å². The Morgan fingerprint density at radius 3 is 2.42 bits per heavy atom. The first-order valence-corrected chi connectivity index (χ1v) is 13.0. The molecule has 9 nitrogen and oxygen atoms in total. The third-order valence-electron chi connectivity index (χ3n) is 7.86. The second-order valence-electron chi connectivity index (χ2n) is 10.00. The molecule has 31 heavy (non-hydrogen) atoms. The second-order valence-corrected chi connectivity index (χ2v) is 11.9. The largest absolute Gasteiger partial charge is 0.385 e. The highest BCUT2D eigenvalue weighted by Crippen LogP contribution is 2.44. The number of nitrogens with one attached hydrogen (secondary N) is 1. The summed E-state index contributed by atoms with van der Waals surface area (Å²) >= 11 is 0. The van der Waals surface area contributed by atoms with E-state index in [1.165, 1.54) is 6.07 Å². The van der Waals surface area contributed by atoms with Crippen LogP contribution in [0.25, 0.3) is 0 Å². The Morgan fingerprint density at radius 2 is 1.87 bits per heavy atom. The minimum Gasteiger partial charge on any atom is -0.385 e. The minimum atomic E-state index is -3.33. The minimum absolute atomic E-state index is 0.0422. The molecule has 6 heterocycles. The number of hydrogen-bond acceptors (Lipinski definition) is 7. The number of piperidine rings is 4. The summed E-state index contributed by atoms with van der Waals surface area (Å²) in [5, 5.41) is 16.3. The topological polar surface area (TPSA) is 116 Å². The molecule has 4 bridgehead atoms. The van der Waals surface area contributed by atoms with E-state index in [2.05, 4.69) is 15.4 Å². The predicted molar refractivity (Wildman–Crippen MR) is 113 cm³/mol. The first kappa shape index (κ1) is 21.4. The molecular formula is C21H32N4O5S. The summed E-state index contributed by atoms with van der Waals surface area (Å²) in [6.45, 7) is 4.62. The lowest BCUT2D eigenvalue weighted by atomic mass is 9.74. The van der Waals surface area contributed by atoms with E-state index in [0.717, 1.165) is 51.7 Å². The van der Waals surface area contributed by atoms with Crippen LogP contribution in [0.2, 0.25) is 0 Å². The van der Waals surface area contributed by atoms with Crippen molar-refractivity contribution in [3.05, 3.63) is 17.5 Å². The third-order valence-corrected chi connectivity index (χ3v) is 10.1. The van der Waals surface area contributed by atoms with Crippen LogP contribution < -0.4 is 5.32 Å². The number of hydrogen-bond donors (Lipinski definition) is 2. The Morgan fingerprint density at radius 1 is 1.26 bits per heavy atom. The number of aliphatic hydroxyl groups excluding tert-OH is 1. The molecule has 5 fully saturated rings. The summed E-state index contributed by atoms with van der Waals surface area (Å²) in [6.07, 6.45) is 5.10.